The number of aryl methyl sites for hydroxylation is 2. The Morgan fingerprint density at radius 1 is 1.56 bits per heavy atom. The Hall–Kier alpha value is -1.58. The van der Waals surface area contributed by atoms with Crippen molar-refractivity contribution in [3.05, 3.63) is 23.0 Å². The summed E-state index contributed by atoms with van der Waals surface area (Å²) in [5, 5.41) is 7.76. The molecule has 2 rings (SSSR count). The van der Waals surface area contributed by atoms with Crippen molar-refractivity contribution in [1.82, 2.24) is 4.98 Å². The molecule has 18 heavy (non-hydrogen) atoms. The Kier molecular flexibility index (Phi) is 3.55. The molecule has 0 aliphatic carbocycles. The number of amidine groups is 1. The zero-order valence-corrected chi connectivity index (χ0v) is 11.5. The van der Waals surface area contributed by atoms with Gasteiger partial charge in [0, 0.05) is 18.8 Å². The van der Waals surface area contributed by atoms with Crippen LogP contribution in [0, 0.1) is 25.2 Å². The number of nitrogens with one attached hydrogen (secondary N) is 1. The summed E-state index contributed by atoms with van der Waals surface area (Å²) in [6.07, 6.45) is 2.45. The van der Waals surface area contributed by atoms with Gasteiger partial charge in [0.15, 0.2) is 0 Å². The lowest BCUT2D eigenvalue weighted by molar-refractivity contribution is 0.569. The Labute approximate surface area is 109 Å². The standard InChI is InChI=1S/C14H22N4/c1-4-11-5-6-18(8-11)12-7-9(2)17-10(3)13(12)14(15)16/h7,11H,4-6,8H2,1-3H3,(H3,15,16). The minimum absolute atomic E-state index is 0.120. The van der Waals surface area contributed by atoms with E-state index in [1.54, 1.807) is 0 Å². The molecule has 98 valence electrons. The molecule has 0 aromatic carbocycles. The molecule has 0 spiro atoms. The first-order valence-corrected chi connectivity index (χ1v) is 6.60. The van der Waals surface area contributed by atoms with Gasteiger partial charge < -0.3 is 10.6 Å². The fourth-order valence-electron chi connectivity index (χ4n) is 2.78. The van der Waals surface area contributed by atoms with Crippen LogP contribution in [-0.4, -0.2) is 23.9 Å². The van der Waals surface area contributed by atoms with Gasteiger partial charge in [0.25, 0.3) is 0 Å². The maximum absolute atomic E-state index is 7.76. The van der Waals surface area contributed by atoms with Crippen LogP contribution in [0.15, 0.2) is 6.07 Å². The summed E-state index contributed by atoms with van der Waals surface area (Å²) in [4.78, 5) is 6.77. The highest BCUT2D eigenvalue weighted by molar-refractivity contribution is 6.01. The van der Waals surface area contributed by atoms with E-state index in [9.17, 15) is 0 Å². The van der Waals surface area contributed by atoms with Crippen LogP contribution >= 0.6 is 0 Å². The highest BCUT2D eigenvalue weighted by atomic mass is 15.2. The second-order valence-electron chi connectivity index (χ2n) is 5.17. The van der Waals surface area contributed by atoms with Gasteiger partial charge >= 0.3 is 0 Å². The van der Waals surface area contributed by atoms with Gasteiger partial charge in [-0.3, -0.25) is 10.4 Å². The molecule has 1 aromatic heterocycles. The first kappa shape index (κ1) is 12.9. The summed E-state index contributed by atoms with van der Waals surface area (Å²) < 4.78 is 0. The lowest BCUT2D eigenvalue weighted by Crippen LogP contribution is -2.25. The fourth-order valence-corrected chi connectivity index (χ4v) is 2.78. The summed E-state index contributed by atoms with van der Waals surface area (Å²) in [7, 11) is 0. The molecule has 0 radical (unpaired) electrons. The van der Waals surface area contributed by atoms with Crippen molar-refractivity contribution in [2.75, 3.05) is 18.0 Å². The monoisotopic (exact) mass is 246 g/mol. The molecule has 3 N–H and O–H groups in total. The molecule has 1 fully saturated rings. The van der Waals surface area contributed by atoms with E-state index in [-0.39, 0.29) is 5.84 Å². The van der Waals surface area contributed by atoms with Crippen LogP contribution in [0.1, 0.15) is 36.7 Å². The topological polar surface area (TPSA) is 66.0 Å². The molecule has 4 nitrogen and oxygen atoms in total. The SMILES string of the molecule is CCC1CCN(c2cc(C)nc(C)c2C(=N)N)C1. The van der Waals surface area contributed by atoms with Gasteiger partial charge in [-0.2, -0.15) is 0 Å². The third-order valence-corrected chi connectivity index (χ3v) is 3.78. The van der Waals surface area contributed by atoms with E-state index in [0.29, 0.717) is 0 Å². The minimum Gasteiger partial charge on any atom is -0.384 e. The van der Waals surface area contributed by atoms with Crippen LogP contribution in [0.5, 0.6) is 0 Å². The molecule has 2 heterocycles. The van der Waals surface area contributed by atoms with Gasteiger partial charge in [-0.1, -0.05) is 13.3 Å². The number of hydrogen-bond acceptors (Lipinski definition) is 3. The van der Waals surface area contributed by atoms with Crippen LogP contribution in [0.3, 0.4) is 0 Å². The average molecular weight is 246 g/mol. The molecule has 1 aliphatic rings. The second kappa shape index (κ2) is 4.96. The van der Waals surface area contributed by atoms with E-state index in [4.69, 9.17) is 11.1 Å². The van der Waals surface area contributed by atoms with Gasteiger partial charge in [-0.25, -0.2) is 0 Å². The van der Waals surface area contributed by atoms with Crippen molar-refractivity contribution in [3.63, 3.8) is 0 Å². The Morgan fingerprint density at radius 3 is 2.83 bits per heavy atom. The molecular formula is C14H22N4. The zero-order chi connectivity index (χ0) is 13.3. The maximum Gasteiger partial charge on any atom is 0.126 e. The Morgan fingerprint density at radius 2 is 2.28 bits per heavy atom. The van der Waals surface area contributed by atoms with E-state index >= 15 is 0 Å². The Bertz CT molecular complexity index is 467. The highest BCUT2D eigenvalue weighted by Crippen LogP contribution is 2.29. The number of hydrogen-bond donors (Lipinski definition) is 2. The van der Waals surface area contributed by atoms with Gasteiger partial charge in [-0.15, -0.1) is 0 Å². The number of rotatable bonds is 3. The van der Waals surface area contributed by atoms with Crippen LogP contribution in [0.25, 0.3) is 0 Å². The van der Waals surface area contributed by atoms with Crippen molar-refractivity contribution in [3.8, 4) is 0 Å². The smallest absolute Gasteiger partial charge is 0.126 e. The van der Waals surface area contributed by atoms with E-state index in [0.717, 1.165) is 41.6 Å². The molecule has 0 saturated carbocycles. The third kappa shape index (κ3) is 2.33. The summed E-state index contributed by atoms with van der Waals surface area (Å²) >= 11 is 0. The fraction of sp³-hybridized carbons (Fsp3) is 0.571. The second-order valence-corrected chi connectivity index (χ2v) is 5.17. The van der Waals surface area contributed by atoms with Crippen LogP contribution in [0.4, 0.5) is 5.69 Å². The molecule has 0 bridgehead atoms. The van der Waals surface area contributed by atoms with Crippen molar-refractivity contribution in [2.24, 2.45) is 11.7 Å². The first-order valence-electron chi connectivity index (χ1n) is 6.60. The molecule has 1 aromatic rings. The van der Waals surface area contributed by atoms with Crippen LogP contribution in [-0.2, 0) is 0 Å². The van der Waals surface area contributed by atoms with Gasteiger partial charge in [-0.05, 0) is 32.3 Å². The Balaban J connectivity index is 2.40. The number of nitrogens with zero attached hydrogens (tertiary/aromatic N) is 2. The van der Waals surface area contributed by atoms with E-state index in [2.05, 4.69) is 22.9 Å². The van der Waals surface area contributed by atoms with Crippen molar-refractivity contribution < 1.29 is 0 Å². The first-order chi connectivity index (χ1) is 8.52. The molecule has 1 atom stereocenters. The lowest BCUT2D eigenvalue weighted by atomic mass is 10.1. The number of aromatic nitrogens is 1. The normalized spacial score (nSPS) is 19.3. The number of pyridine rings is 1. The van der Waals surface area contributed by atoms with Crippen molar-refractivity contribution >= 4 is 11.5 Å². The third-order valence-electron chi connectivity index (χ3n) is 3.78. The summed E-state index contributed by atoms with van der Waals surface area (Å²) in [6, 6.07) is 2.06. The van der Waals surface area contributed by atoms with Crippen molar-refractivity contribution in [1.29, 1.82) is 5.41 Å². The molecular weight excluding hydrogens is 224 g/mol. The summed E-state index contributed by atoms with van der Waals surface area (Å²) in [6.45, 7) is 8.29. The maximum atomic E-state index is 7.76. The molecule has 0 amide bonds. The largest absolute Gasteiger partial charge is 0.384 e. The van der Waals surface area contributed by atoms with E-state index in [1.807, 2.05) is 13.8 Å². The van der Waals surface area contributed by atoms with E-state index in [1.165, 1.54) is 12.8 Å². The zero-order valence-electron chi connectivity index (χ0n) is 11.5. The predicted octanol–water partition coefficient (Wildman–Crippen LogP) is 2.22. The lowest BCUT2D eigenvalue weighted by Gasteiger charge is -2.23. The van der Waals surface area contributed by atoms with E-state index < -0.39 is 0 Å². The molecule has 1 saturated heterocycles. The predicted molar refractivity (Wildman–Crippen MR) is 75.3 cm³/mol. The van der Waals surface area contributed by atoms with Gasteiger partial charge in [0.05, 0.1) is 16.9 Å². The number of nitrogen functional groups attached to an aromatic ring is 1. The highest BCUT2D eigenvalue weighted by Gasteiger charge is 2.24. The number of anilines is 1. The quantitative estimate of drug-likeness (QED) is 0.635. The van der Waals surface area contributed by atoms with Crippen molar-refractivity contribution in [2.45, 2.75) is 33.6 Å². The van der Waals surface area contributed by atoms with Gasteiger partial charge in [0.1, 0.15) is 5.84 Å². The summed E-state index contributed by atoms with van der Waals surface area (Å²) in [5.41, 5.74) is 9.46. The van der Waals surface area contributed by atoms with Crippen LogP contribution in [0.2, 0.25) is 0 Å². The molecule has 1 aliphatic heterocycles. The molecule has 4 heteroatoms. The van der Waals surface area contributed by atoms with Gasteiger partial charge in [0.2, 0.25) is 0 Å². The number of nitrogens with two attached hydrogens (primary N) is 1. The molecule has 1 unspecified atom stereocenters. The summed E-state index contributed by atoms with van der Waals surface area (Å²) in [5.74, 6) is 0.883. The minimum atomic E-state index is 0.120. The van der Waals surface area contributed by atoms with Crippen LogP contribution < -0.4 is 10.6 Å². The average Bonchev–Trinajstić information content (AvgIpc) is 2.75.